The highest BCUT2D eigenvalue weighted by atomic mass is 16.1. The fraction of sp³-hybridized carbons (Fsp3) is 0.222. The molecule has 1 aliphatic rings. The van der Waals surface area contributed by atoms with Crippen molar-refractivity contribution in [1.29, 1.82) is 0 Å². The predicted octanol–water partition coefficient (Wildman–Crippen LogP) is 2.24. The van der Waals surface area contributed by atoms with Crippen molar-refractivity contribution in [3.8, 4) is 0 Å². The van der Waals surface area contributed by atoms with Crippen LogP contribution in [0.1, 0.15) is 12.5 Å². The molecule has 0 amide bonds. The summed E-state index contributed by atoms with van der Waals surface area (Å²) >= 11 is 0. The highest BCUT2D eigenvalue weighted by molar-refractivity contribution is 6.12. The molecule has 1 aromatic rings. The molecule has 0 unspecified atom stereocenters. The van der Waals surface area contributed by atoms with E-state index in [0.29, 0.717) is 13.1 Å². The van der Waals surface area contributed by atoms with E-state index in [4.69, 9.17) is 0 Å². The molecular formula is C18H21N3O. The van der Waals surface area contributed by atoms with Gasteiger partial charge in [-0.25, -0.2) is 0 Å². The highest BCUT2D eigenvalue weighted by Crippen LogP contribution is 2.16. The van der Waals surface area contributed by atoms with Crippen molar-refractivity contribution in [2.24, 2.45) is 0 Å². The summed E-state index contributed by atoms with van der Waals surface area (Å²) in [5.74, 6) is 0.0918. The van der Waals surface area contributed by atoms with Crippen molar-refractivity contribution in [3.05, 3.63) is 71.2 Å². The van der Waals surface area contributed by atoms with E-state index in [0.717, 1.165) is 22.3 Å². The predicted molar refractivity (Wildman–Crippen MR) is 90.1 cm³/mol. The minimum atomic E-state index is 0.0918. The van der Waals surface area contributed by atoms with Crippen LogP contribution in [-0.2, 0) is 4.79 Å². The molecule has 0 bridgehead atoms. The molecule has 1 aliphatic heterocycles. The second-order valence-electron chi connectivity index (χ2n) is 4.99. The Morgan fingerprint density at radius 3 is 2.86 bits per heavy atom. The lowest BCUT2D eigenvalue weighted by Gasteiger charge is -2.18. The zero-order valence-electron chi connectivity index (χ0n) is 13.0. The van der Waals surface area contributed by atoms with Crippen LogP contribution in [0.5, 0.6) is 0 Å². The van der Waals surface area contributed by atoms with Crippen molar-refractivity contribution >= 4 is 11.9 Å². The molecule has 114 valence electrons. The second-order valence-corrected chi connectivity index (χ2v) is 4.99. The van der Waals surface area contributed by atoms with E-state index in [1.54, 1.807) is 12.4 Å². The molecule has 2 rings (SSSR count). The molecule has 2 N–H and O–H groups in total. The lowest BCUT2D eigenvalue weighted by molar-refractivity contribution is -0.112. The van der Waals surface area contributed by atoms with Gasteiger partial charge in [0.15, 0.2) is 5.78 Å². The maximum atomic E-state index is 12.6. The number of hydrogen-bond acceptors (Lipinski definition) is 4. The lowest BCUT2D eigenvalue weighted by Crippen LogP contribution is -2.33. The van der Waals surface area contributed by atoms with Gasteiger partial charge in [-0.05, 0) is 36.3 Å². The molecule has 1 aromatic heterocycles. The van der Waals surface area contributed by atoms with Crippen LogP contribution < -0.4 is 10.6 Å². The summed E-state index contributed by atoms with van der Waals surface area (Å²) in [6.45, 7) is 3.12. The Hall–Kier alpha value is -2.46. The Labute approximate surface area is 131 Å². The van der Waals surface area contributed by atoms with E-state index in [-0.39, 0.29) is 5.78 Å². The molecular weight excluding hydrogens is 274 g/mol. The number of nitrogens with zero attached hydrogens (tertiary/aromatic N) is 1. The fourth-order valence-electron chi connectivity index (χ4n) is 2.29. The molecule has 0 spiro atoms. The summed E-state index contributed by atoms with van der Waals surface area (Å²) in [4.78, 5) is 16.7. The van der Waals surface area contributed by atoms with Crippen LogP contribution in [0, 0.1) is 0 Å². The van der Waals surface area contributed by atoms with Crippen molar-refractivity contribution in [3.63, 3.8) is 0 Å². The molecule has 0 atom stereocenters. The van der Waals surface area contributed by atoms with E-state index >= 15 is 0 Å². The molecule has 4 nitrogen and oxygen atoms in total. The monoisotopic (exact) mass is 295 g/mol. The first-order chi connectivity index (χ1) is 10.7. The first kappa shape index (κ1) is 15.9. The SMILES string of the molecule is C\C=C/C(=C\NC)/C=C1\CNC/C(=C\c2cccnc2)C1=O. The third kappa shape index (κ3) is 4.27. The molecule has 0 aliphatic carbocycles. The molecule has 4 heteroatoms. The van der Waals surface area contributed by atoms with Crippen LogP contribution in [0.15, 0.2) is 65.7 Å². The van der Waals surface area contributed by atoms with E-state index in [1.807, 2.05) is 56.6 Å². The topological polar surface area (TPSA) is 54.0 Å². The zero-order chi connectivity index (χ0) is 15.8. The van der Waals surface area contributed by atoms with Crippen LogP contribution >= 0.6 is 0 Å². The number of pyridine rings is 1. The van der Waals surface area contributed by atoms with E-state index in [2.05, 4.69) is 15.6 Å². The summed E-state index contributed by atoms with van der Waals surface area (Å²) in [5, 5.41) is 6.27. The number of piperidine rings is 1. The van der Waals surface area contributed by atoms with Crippen molar-refractivity contribution in [1.82, 2.24) is 15.6 Å². The van der Waals surface area contributed by atoms with Crippen LogP contribution in [0.3, 0.4) is 0 Å². The van der Waals surface area contributed by atoms with Gasteiger partial charge in [-0.1, -0.05) is 18.2 Å². The third-order valence-corrected chi connectivity index (χ3v) is 3.25. The largest absolute Gasteiger partial charge is 0.393 e. The Morgan fingerprint density at radius 2 is 2.18 bits per heavy atom. The first-order valence-corrected chi connectivity index (χ1v) is 7.31. The van der Waals surface area contributed by atoms with Gasteiger partial charge in [-0.15, -0.1) is 0 Å². The maximum absolute atomic E-state index is 12.6. The summed E-state index contributed by atoms with van der Waals surface area (Å²) < 4.78 is 0. The first-order valence-electron chi connectivity index (χ1n) is 7.31. The summed E-state index contributed by atoms with van der Waals surface area (Å²) in [7, 11) is 1.84. The quantitative estimate of drug-likeness (QED) is 0.661. The average molecular weight is 295 g/mol. The molecule has 1 fully saturated rings. The van der Waals surface area contributed by atoms with Gasteiger partial charge >= 0.3 is 0 Å². The fourth-order valence-corrected chi connectivity index (χ4v) is 2.29. The number of ketones is 1. The van der Waals surface area contributed by atoms with Crippen molar-refractivity contribution < 1.29 is 4.79 Å². The smallest absolute Gasteiger partial charge is 0.187 e. The number of carbonyl (C=O) groups is 1. The van der Waals surface area contributed by atoms with Crippen LogP contribution in [-0.4, -0.2) is 30.9 Å². The number of allylic oxidation sites excluding steroid dienone is 4. The highest BCUT2D eigenvalue weighted by Gasteiger charge is 2.20. The molecule has 22 heavy (non-hydrogen) atoms. The number of aromatic nitrogens is 1. The van der Waals surface area contributed by atoms with Gasteiger partial charge in [0, 0.05) is 49.9 Å². The Morgan fingerprint density at radius 1 is 1.36 bits per heavy atom. The number of nitrogens with one attached hydrogen (secondary N) is 2. The van der Waals surface area contributed by atoms with E-state index in [9.17, 15) is 4.79 Å². The molecule has 0 radical (unpaired) electrons. The maximum Gasteiger partial charge on any atom is 0.187 e. The number of carbonyl (C=O) groups excluding carboxylic acids is 1. The minimum Gasteiger partial charge on any atom is -0.393 e. The summed E-state index contributed by atoms with van der Waals surface area (Å²) in [6, 6.07) is 3.81. The van der Waals surface area contributed by atoms with Gasteiger partial charge in [-0.3, -0.25) is 9.78 Å². The van der Waals surface area contributed by atoms with Crippen molar-refractivity contribution in [2.45, 2.75) is 6.92 Å². The van der Waals surface area contributed by atoms with Gasteiger partial charge in [0.2, 0.25) is 0 Å². The van der Waals surface area contributed by atoms with Crippen LogP contribution in [0.4, 0.5) is 0 Å². The lowest BCUT2D eigenvalue weighted by atomic mass is 9.96. The number of rotatable bonds is 4. The van der Waals surface area contributed by atoms with Gasteiger partial charge in [0.25, 0.3) is 0 Å². The molecule has 0 saturated carbocycles. The van der Waals surface area contributed by atoms with E-state index in [1.165, 1.54) is 0 Å². The second kappa shape index (κ2) is 8.10. The Kier molecular flexibility index (Phi) is 5.86. The van der Waals surface area contributed by atoms with Crippen LogP contribution in [0.2, 0.25) is 0 Å². The van der Waals surface area contributed by atoms with Gasteiger partial charge in [-0.2, -0.15) is 0 Å². The Bertz CT molecular complexity index is 640. The molecule has 2 heterocycles. The normalized spacial score (nSPS) is 20.1. The standard InChI is InChI=1S/C18H21N3O/c1-3-5-14(10-19-2)8-16-12-21-13-17(18(16)22)9-15-6-4-7-20-11-15/h3-11,19,21H,12-13H2,1-2H3/b5-3-,14-10+,16-8+,17-9+. The minimum absolute atomic E-state index is 0.0918. The van der Waals surface area contributed by atoms with E-state index < -0.39 is 0 Å². The summed E-state index contributed by atoms with van der Waals surface area (Å²) in [6.07, 6.45) is 13.1. The van der Waals surface area contributed by atoms with Gasteiger partial charge < -0.3 is 10.6 Å². The van der Waals surface area contributed by atoms with Crippen molar-refractivity contribution in [2.75, 3.05) is 20.1 Å². The third-order valence-electron chi connectivity index (χ3n) is 3.25. The Balaban J connectivity index is 2.27. The van der Waals surface area contributed by atoms with Gasteiger partial charge in [0.1, 0.15) is 0 Å². The van der Waals surface area contributed by atoms with Gasteiger partial charge in [0.05, 0.1) is 0 Å². The zero-order valence-corrected chi connectivity index (χ0v) is 13.0. The number of Topliss-reactive ketones (excluding diaryl/α,β-unsaturated/α-hetero) is 1. The van der Waals surface area contributed by atoms with Crippen LogP contribution in [0.25, 0.3) is 6.08 Å². The summed E-state index contributed by atoms with van der Waals surface area (Å²) in [5.41, 5.74) is 3.43. The molecule has 0 aromatic carbocycles. The average Bonchev–Trinajstić information content (AvgIpc) is 2.53. The number of hydrogen-bond donors (Lipinski definition) is 2. The molecule has 1 saturated heterocycles.